The molecule has 1 fully saturated rings. The Bertz CT molecular complexity index is 539. The number of hydrogen-bond acceptors (Lipinski definition) is 1. The van der Waals surface area contributed by atoms with E-state index in [9.17, 15) is 0 Å². The van der Waals surface area contributed by atoms with E-state index in [4.69, 9.17) is 0 Å². The molecule has 3 rings (SSSR count). The van der Waals surface area contributed by atoms with Crippen LogP contribution in [-0.2, 0) is 5.41 Å². The molecule has 1 saturated heterocycles. The predicted molar refractivity (Wildman–Crippen MR) is 89.8 cm³/mol. The van der Waals surface area contributed by atoms with Gasteiger partial charge in [-0.3, -0.25) is 0 Å². The number of piperidine rings is 1. The van der Waals surface area contributed by atoms with Crippen molar-refractivity contribution in [2.45, 2.75) is 45.1 Å². The van der Waals surface area contributed by atoms with Crippen LogP contribution in [0.15, 0.2) is 48.5 Å². The molecular formula is C20H25N. The van der Waals surface area contributed by atoms with E-state index >= 15 is 0 Å². The van der Waals surface area contributed by atoms with Crippen LogP contribution >= 0.6 is 0 Å². The van der Waals surface area contributed by atoms with Gasteiger partial charge in [-0.2, -0.15) is 0 Å². The van der Waals surface area contributed by atoms with Crippen molar-refractivity contribution in [3.05, 3.63) is 70.8 Å². The van der Waals surface area contributed by atoms with Gasteiger partial charge >= 0.3 is 0 Å². The molecule has 1 aliphatic rings. The first-order valence-electron chi connectivity index (χ1n) is 7.98. The monoisotopic (exact) mass is 279 g/mol. The van der Waals surface area contributed by atoms with Gasteiger partial charge in [0, 0.05) is 18.0 Å². The summed E-state index contributed by atoms with van der Waals surface area (Å²) in [6, 6.07) is 18.8. The lowest BCUT2D eigenvalue weighted by atomic mass is 9.68. The molecule has 1 heterocycles. The standard InChI is InChI=1S/C20H25N/c1-15-4-8-18(9-5-15)20(13-12-17(3)21-14-20)19-10-6-16(2)7-11-19/h4-11,17,21H,12-14H2,1-3H3. The zero-order valence-corrected chi connectivity index (χ0v) is 13.3. The fraction of sp³-hybridized carbons (Fsp3) is 0.400. The summed E-state index contributed by atoms with van der Waals surface area (Å²) in [5.74, 6) is 0. The second-order valence-corrected chi connectivity index (χ2v) is 6.63. The van der Waals surface area contributed by atoms with Gasteiger partial charge in [0.25, 0.3) is 0 Å². The van der Waals surface area contributed by atoms with Gasteiger partial charge in [-0.15, -0.1) is 0 Å². The Labute approximate surface area is 128 Å². The Hall–Kier alpha value is -1.60. The SMILES string of the molecule is Cc1ccc(C2(c3ccc(C)cc3)CCC(C)NC2)cc1. The average molecular weight is 279 g/mol. The molecule has 1 N–H and O–H groups in total. The molecule has 0 saturated carbocycles. The van der Waals surface area contributed by atoms with Gasteiger partial charge in [-0.05, 0) is 44.7 Å². The van der Waals surface area contributed by atoms with Crippen LogP contribution in [0.1, 0.15) is 42.0 Å². The van der Waals surface area contributed by atoms with E-state index in [1.54, 1.807) is 0 Å². The highest BCUT2D eigenvalue weighted by Gasteiger charge is 2.37. The summed E-state index contributed by atoms with van der Waals surface area (Å²) in [6.45, 7) is 7.63. The molecule has 0 bridgehead atoms. The summed E-state index contributed by atoms with van der Waals surface area (Å²) < 4.78 is 0. The van der Waals surface area contributed by atoms with Crippen LogP contribution in [0, 0.1) is 13.8 Å². The third-order valence-electron chi connectivity index (χ3n) is 4.96. The van der Waals surface area contributed by atoms with Crippen molar-refractivity contribution in [2.24, 2.45) is 0 Å². The van der Waals surface area contributed by atoms with E-state index in [0.29, 0.717) is 6.04 Å². The van der Waals surface area contributed by atoms with E-state index in [0.717, 1.165) is 6.54 Å². The summed E-state index contributed by atoms with van der Waals surface area (Å²) in [6.07, 6.45) is 2.44. The van der Waals surface area contributed by atoms with Gasteiger partial charge in [0.05, 0.1) is 0 Å². The maximum atomic E-state index is 3.70. The first kappa shape index (κ1) is 14.3. The van der Waals surface area contributed by atoms with Crippen LogP contribution in [0.2, 0.25) is 0 Å². The molecule has 1 atom stereocenters. The summed E-state index contributed by atoms with van der Waals surface area (Å²) in [5, 5.41) is 3.70. The predicted octanol–water partition coefficient (Wildman–Crippen LogP) is 4.36. The Kier molecular flexibility index (Phi) is 3.86. The Balaban J connectivity index is 2.06. The smallest absolute Gasteiger partial charge is 0.0327 e. The first-order valence-corrected chi connectivity index (χ1v) is 7.98. The van der Waals surface area contributed by atoms with Gasteiger partial charge in [0.1, 0.15) is 0 Å². The van der Waals surface area contributed by atoms with Crippen LogP contribution in [0.3, 0.4) is 0 Å². The van der Waals surface area contributed by atoms with E-state index in [-0.39, 0.29) is 5.41 Å². The average Bonchev–Trinajstić information content (AvgIpc) is 2.50. The molecular weight excluding hydrogens is 254 g/mol. The summed E-state index contributed by atoms with van der Waals surface area (Å²) >= 11 is 0. The third kappa shape index (κ3) is 2.75. The third-order valence-corrected chi connectivity index (χ3v) is 4.96. The lowest BCUT2D eigenvalue weighted by Crippen LogP contribution is -2.48. The lowest BCUT2D eigenvalue weighted by molar-refractivity contribution is 0.313. The molecule has 0 aromatic heterocycles. The number of hydrogen-bond donors (Lipinski definition) is 1. The van der Waals surface area contributed by atoms with Crippen LogP contribution in [0.4, 0.5) is 0 Å². The maximum absolute atomic E-state index is 3.70. The van der Waals surface area contributed by atoms with Gasteiger partial charge in [-0.25, -0.2) is 0 Å². The fourth-order valence-corrected chi connectivity index (χ4v) is 3.41. The zero-order valence-electron chi connectivity index (χ0n) is 13.3. The molecule has 0 spiro atoms. The lowest BCUT2D eigenvalue weighted by Gasteiger charge is -2.41. The van der Waals surface area contributed by atoms with Gasteiger partial charge < -0.3 is 5.32 Å². The van der Waals surface area contributed by atoms with E-state index in [1.165, 1.54) is 35.1 Å². The minimum absolute atomic E-state index is 0.119. The summed E-state index contributed by atoms with van der Waals surface area (Å²) in [5.41, 5.74) is 5.66. The summed E-state index contributed by atoms with van der Waals surface area (Å²) in [4.78, 5) is 0. The van der Waals surface area contributed by atoms with Crippen molar-refractivity contribution >= 4 is 0 Å². The topological polar surface area (TPSA) is 12.0 Å². The van der Waals surface area contributed by atoms with Crippen molar-refractivity contribution in [3.63, 3.8) is 0 Å². The fourth-order valence-electron chi connectivity index (χ4n) is 3.41. The number of benzene rings is 2. The van der Waals surface area contributed by atoms with Gasteiger partial charge in [-0.1, -0.05) is 59.7 Å². The second kappa shape index (κ2) is 5.65. The largest absolute Gasteiger partial charge is 0.313 e. The zero-order chi connectivity index (χ0) is 14.9. The molecule has 21 heavy (non-hydrogen) atoms. The molecule has 0 amide bonds. The molecule has 1 unspecified atom stereocenters. The van der Waals surface area contributed by atoms with E-state index < -0.39 is 0 Å². The number of rotatable bonds is 2. The van der Waals surface area contributed by atoms with Crippen molar-refractivity contribution in [2.75, 3.05) is 6.54 Å². The molecule has 2 aromatic carbocycles. The van der Waals surface area contributed by atoms with Crippen molar-refractivity contribution in [1.29, 1.82) is 0 Å². The van der Waals surface area contributed by atoms with E-state index in [2.05, 4.69) is 74.6 Å². The van der Waals surface area contributed by atoms with Crippen LogP contribution < -0.4 is 5.32 Å². The Morgan fingerprint density at radius 1 is 0.857 bits per heavy atom. The van der Waals surface area contributed by atoms with Crippen LogP contribution in [-0.4, -0.2) is 12.6 Å². The van der Waals surface area contributed by atoms with Gasteiger partial charge in [0.15, 0.2) is 0 Å². The number of aryl methyl sites for hydroxylation is 2. The molecule has 110 valence electrons. The Morgan fingerprint density at radius 2 is 1.33 bits per heavy atom. The molecule has 0 radical (unpaired) electrons. The molecule has 1 nitrogen and oxygen atoms in total. The molecule has 1 aliphatic heterocycles. The van der Waals surface area contributed by atoms with Gasteiger partial charge in [0.2, 0.25) is 0 Å². The van der Waals surface area contributed by atoms with Crippen LogP contribution in [0.5, 0.6) is 0 Å². The normalized spacial score (nSPS) is 21.2. The maximum Gasteiger partial charge on any atom is 0.0327 e. The highest BCUT2D eigenvalue weighted by molar-refractivity contribution is 5.42. The molecule has 2 aromatic rings. The van der Waals surface area contributed by atoms with Crippen molar-refractivity contribution < 1.29 is 0 Å². The quantitative estimate of drug-likeness (QED) is 0.861. The Morgan fingerprint density at radius 3 is 1.71 bits per heavy atom. The summed E-state index contributed by atoms with van der Waals surface area (Å²) in [7, 11) is 0. The highest BCUT2D eigenvalue weighted by Crippen LogP contribution is 2.39. The highest BCUT2D eigenvalue weighted by atomic mass is 14.9. The minimum atomic E-state index is 0.119. The molecule has 1 heteroatoms. The number of nitrogens with one attached hydrogen (secondary N) is 1. The minimum Gasteiger partial charge on any atom is -0.313 e. The van der Waals surface area contributed by atoms with E-state index in [1.807, 2.05) is 0 Å². The molecule has 0 aliphatic carbocycles. The van der Waals surface area contributed by atoms with Crippen LogP contribution in [0.25, 0.3) is 0 Å². The van der Waals surface area contributed by atoms with Crippen molar-refractivity contribution in [1.82, 2.24) is 5.32 Å². The van der Waals surface area contributed by atoms with Crippen molar-refractivity contribution in [3.8, 4) is 0 Å². The second-order valence-electron chi connectivity index (χ2n) is 6.63. The first-order chi connectivity index (χ1) is 10.1.